The summed E-state index contributed by atoms with van der Waals surface area (Å²) in [5, 5.41) is 28.6. The fourth-order valence-electron chi connectivity index (χ4n) is 5.71. The first-order valence-corrected chi connectivity index (χ1v) is 11.1. The molecule has 2 bridgehead atoms. The molecule has 2 unspecified atom stereocenters. The van der Waals surface area contributed by atoms with E-state index >= 15 is 0 Å². The fourth-order valence-corrected chi connectivity index (χ4v) is 5.71. The van der Waals surface area contributed by atoms with E-state index in [2.05, 4.69) is 45.4 Å². The molecule has 2 aromatic heterocycles. The average Bonchev–Trinajstić information content (AvgIpc) is 3.31. The van der Waals surface area contributed by atoms with E-state index in [1.807, 2.05) is 6.07 Å². The van der Waals surface area contributed by atoms with Crippen molar-refractivity contribution in [1.82, 2.24) is 20.1 Å². The summed E-state index contributed by atoms with van der Waals surface area (Å²) in [7, 11) is 2.14. The molecule has 4 heterocycles. The first-order valence-electron chi connectivity index (χ1n) is 11.1. The first kappa shape index (κ1) is 20.4. The lowest BCUT2D eigenvalue weighted by Crippen LogP contribution is -2.51. The van der Waals surface area contributed by atoms with Gasteiger partial charge >= 0.3 is 0 Å². The Balaban J connectivity index is 1.65. The van der Waals surface area contributed by atoms with E-state index in [9.17, 15) is 5.11 Å². The van der Waals surface area contributed by atoms with E-state index in [-0.39, 0.29) is 17.9 Å². The van der Waals surface area contributed by atoms with Crippen LogP contribution in [0.15, 0.2) is 18.3 Å². The monoisotopic (exact) mass is 426 g/mol. The van der Waals surface area contributed by atoms with Crippen LogP contribution in [0.4, 0.5) is 17.5 Å². The van der Waals surface area contributed by atoms with Gasteiger partial charge in [0.25, 0.3) is 0 Å². The number of nitrogens with one attached hydrogen (secondary N) is 2. The van der Waals surface area contributed by atoms with E-state index in [0.29, 0.717) is 19.0 Å². The number of aromatic nitrogens is 3. The van der Waals surface area contributed by atoms with Crippen molar-refractivity contribution in [2.75, 3.05) is 50.1 Å². The van der Waals surface area contributed by atoms with E-state index in [1.165, 1.54) is 0 Å². The van der Waals surface area contributed by atoms with Crippen molar-refractivity contribution in [2.24, 2.45) is 11.8 Å². The number of pyridine rings is 1. The van der Waals surface area contributed by atoms with Crippen LogP contribution in [0.1, 0.15) is 30.9 Å². The summed E-state index contributed by atoms with van der Waals surface area (Å²) in [6, 6.07) is 4.11. The molecule has 9 nitrogen and oxygen atoms in total. The summed E-state index contributed by atoms with van der Waals surface area (Å²) in [4.78, 5) is 9.53. The van der Waals surface area contributed by atoms with Gasteiger partial charge in [0, 0.05) is 43.1 Å². The maximum atomic E-state index is 12.2. The van der Waals surface area contributed by atoms with Gasteiger partial charge in [0.1, 0.15) is 17.5 Å². The van der Waals surface area contributed by atoms with Gasteiger partial charge in [-0.05, 0) is 32.9 Å². The van der Waals surface area contributed by atoms with Gasteiger partial charge in [0.15, 0.2) is 6.21 Å². The van der Waals surface area contributed by atoms with Gasteiger partial charge in [0.2, 0.25) is 0 Å². The van der Waals surface area contributed by atoms with Gasteiger partial charge < -0.3 is 25.0 Å². The molecule has 166 valence electrons. The third-order valence-corrected chi connectivity index (χ3v) is 7.23. The molecule has 9 heteroatoms. The Labute approximate surface area is 182 Å². The predicted molar refractivity (Wildman–Crippen MR) is 118 cm³/mol. The number of piperidine rings is 1. The lowest BCUT2D eigenvalue weighted by molar-refractivity contribution is -0.106. The SMILES string of the molecule is C[C@@H]1COCCN1c1cc(C2(O)C3CCC2CN(C)C3)c(C=[NH2+])c(Nc2ccn[nH]2)n1. The maximum Gasteiger partial charge on any atom is 0.171 e. The number of hydrogen-bond acceptors (Lipinski definition) is 7. The molecule has 0 aromatic carbocycles. The number of nitrogens with zero attached hydrogens (tertiary/aromatic N) is 4. The molecule has 1 saturated carbocycles. The highest BCUT2D eigenvalue weighted by atomic mass is 16.5. The lowest BCUT2D eigenvalue weighted by Gasteiger charge is -2.44. The Morgan fingerprint density at radius 3 is 2.77 bits per heavy atom. The number of H-pyrrole nitrogens is 1. The number of aromatic amines is 1. The van der Waals surface area contributed by atoms with Crippen LogP contribution in [0.25, 0.3) is 0 Å². The zero-order valence-electron chi connectivity index (χ0n) is 18.2. The highest BCUT2D eigenvalue weighted by Crippen LogP contribution is 2.52. The highest BCUT2D eigenvalue weighted by molar-refractivity contribution is 5.87. The quantitative estimate of drug-likeness (QED) is 0.502. The molecule has 3 aliphatic rings. The number of hydrogen-bond donors (Lipinski definition) is 4. The molecule has 0 radical (unpaired) electrons. The lowest BCUT2D eigenvalue weighted by atomic mass is 9.74. The number of nitrogens with two attached hydrogens (primary N) is 1. The van der Waals surface area contributed by atoms with E-state index in [4.69, 9.17) is 15.1 Å². The van der Waals surface area contributed by atoms with Gasteiger partial charge in [-0.2, -0.15) is 5.10 Å². The van der Waals surface area contributed by atoms with Crippen LogP contribution in [0.5, 0.6) is 0 Å². The summed E-state index contributed by atoms with van der Waals surface area (Å²) in [5.74, 6) is 2.54. The molecule has 2 aromatic rings. The molecule has 2 aliphatic heterocycles. The minimum atomic E-state index is -0.921. The molecule has 5 N–H and O–H groups in total. The molecule has 2 saturated heterocycles. The highest BCUT2D eigenvalue weighted by Gasteiger charge is 2.54. The maximum absolute atomic E-state index is 12.2. The summed E-state index contributed by atoms with van der Waals surface area (Å²) >= 11 is 0. The van der Waals surface area contributed by atoms with Crippen molar-refractivity contribution in [2.45, 2.75) is 31.4 Å². The van der Waals surface area contributed by atoms with Crippen LogP contribution >= 0.6 is 0 Å². The average molecular weight is 427 g/mol. The number of ether oxygens (including phenoxy) is 1. The second-order valence-electron chi connectivity index (χ2n) is 9.19. The van der Waals surface area contributed by atoms with Crippen LogP contribution in [-0.2, 0) is 10.3 Å². The molecule has 5 rings (SSSR count). The molecule has 0 spiro atoms. The third-order valence-electron chi connectivity index (χ3n) is 7.23. The third kappa shape index (κ3) is 3.40. The summed E-state index contributed by atoms with van der Waals surface area (Å²) in [6.45, 7) is 5.98. The molecule has 3 fully saturated rings. The van der Waals surface area contributed by atoms with Gasteiger partial charge in [0.05, 0.1) is 36.6 Å². The summed E-state index contributed by atoms with van der Waals surface area (Å²) < 4.78 is 5.64. The van der Waals surface area contributed by atoms with Crippen molar-refractivity contribution in [3.8, 4) is 0 Å². The Kier molecular flexibility index (Phi) is 5.19. The normalized spacial score (nSPS) is 31.1. The van der Waals surface area contributed by atoms with Gasteiger partial charge in [-0.25, -0.2) is 4.98 Å². The van der Waals surface area contributed by atoms with Crippen LogP contribution in [0, 0.1) is 11.8 Å². The second-order valence-corrected chi connectivity index (χ2v) is 9.19. The van der Waals surface area contributed by atoms with Crippen LogP contribution < -0.4 is 15.6 Å². The molecule has 31 heavy (non-hydrogen) atoms. The summed E-state index contributed by atoms with van der Waals surface area (Å²) in [6.07, 6.45) is 5.30. The smallest absolute Gasteiger partial charge is 0.171 e. The van der Waals surface area contributed by atoms with E-state index < -0.39 is 5.60 Å². The van der Waals surface area contributed by atoms with Crippen molar-refractivity contribution >= 4 is 23.7 Å². The topological polar surface area (TPSA) is 115 Å². The van der Waals surface area contributed by atoms with Crippen molar-refractivity contribution in [1.29, 1.82) is 0 Å². The number of anilines is 3. The number of rotatable bonds is 5. The number of morpholine rings is 1. The standard InChI is InChI=1S/C22H31N7O2/c1-14-13-31-8-7-29(14)20-9-18(22(30)15-3-4-16(22)12-28(2)11-15)17(10-23)21(26-20)25-19-5-6-24-27-19/h5-6,9-10,14-16,23,30H,3-4,7-8,11-13H2,1-2H3,(H2,24,25,26,27)/p+1/t14-,15?,16?,22?/m1/s1. The zero-order chi connectivity index (χ0) is 21.6. The largest absolute Gasteiger partial charge is 0.384 e. The molecule has 0 amide bonds. The zero-order valence-corrected chi connectivity index (χ0v) is 18.2. The second kappa shape index (κ2) is 7.89. The number of likely N-dealkylation sites (tertiary alicyclic amines) is 1. The molecule has 1 aliphatic carbocycles. The minimum Gasteiger partial charge on any atom is -0.384 e. The Hall–Kier alpha value is -2.49. The van der Waals surface area contributed by atoms with Crippen LogP contribution in [0.2, 0.25) is 0 Å². The molecular formula is C22H32N7O2+. The van der Waals surface area contributed by atoms with Crippen LogP contribution in [-0.4, -0.2) is 77.3 Å². The Bertz CT molecular complexity index is 934. The Morgan fingerprint density at radius 1 is 1.35 bits per heavy atom. The first-order chi connectivity index (χ1) is 15.0. The minimum absolute atomic E-state index is 0.173. The fraction of sp³-hybridized carbons (Fsp3) is 0.591. The Morgan fingerprint density at radius 2 is 2.13 bits per heavy atom. The molecular weight excluding hydrogens is 394 g/mol. The van der Waals surface area contributed by atoms with Crippen molar-refractivity contribution in [3.63, 3.8) is 0 Å². The van der Waals surface area contributed by atoms with Crippen molar-refractivity contribution < 1.29 is 15.3 Å². The van der Waals surface area contributed by atoms with Crippen molar-refractivity contribution in [3.05, 3.63) is 29.5 Å². The van der Waals surface area contributed by atoms with Gasteiger partial charge in [-0.3, -0.25) is 10.5 Å². The number of aliphatic hydroxyl groups is 1. The summed E-state index contributed by atoms with van der Waals surface area (Å²) in [5.41, 5.74) is 0.708. The van der Waals surface area contributed by atoms with Gasteiger partial charge in [-0.15, -0.1) is 0 Å². The number of fused-ring (bicyclic) bond motifs is 2. The molecule has 3 atom stereocenters. The van der Waals surface area contributed by atoms with E-state index in [1.54, 1.807) is 12.4 Å². The van der Waals surface area contributed by atoms with E-state index in [0.717, 1.165) is 55.2 Å². The van der Waals surface area contributed by atoms with Crippen LogP contribution in [0.3, 0.4) is 0 Å². The predicted octanol–water partition coefficient (Wildman–Crippen LogP) is 0.111. The van der Waals surface area contributed by atoms with Gasteiger partial charge in [-0.1, -0.05) is 0 Å².